The van der Waals surface area contributed by atoms with Crippen LogP contribution in [0.3, 0.4) is 0 Å². The Morgan fingerprint density at radius 1 is 1.65 bits per heavy atom. The van der Waals surface area contributed by atoms with E-state index in [0.717, 1.165) is 5.69 Å². The number of hydrogen-bond donors (Lipinski definition) is 2. The molecule has 92 valence electrons. The molecule has 0 fully saturated rings. The maximum Gasteiger partial charge on any atom is 0.306 e. The molecule has 2 heterocycles. The zero-order chi connectivity index (χ0) is 12.4. The van der Waals surface area contributed by atoms with Gasteiger partial charge in [0.2, 0.25) is 0 Å². The van der Waals surface area contributed by atoms with Gasteiger partial charge in [-0.05, 0) is 0 Å². The first-order valence-corrected chi connectivity index (χ1v) is 5.49. The molecule has 0 saturated heterocycles. The highest BCUT2D eigenvalue weighted by Crippen LogP contribution is 2.11. The van der Waals surface area contributed by atoms with E-state index in [4.69, 9.17) is 9.84 Å². The third-order valence-corrected chi connectivity index (χ3v) is 2.80. The average molecular weight is 238 g/mol. The Kier molecular flexibility index (Phi) is 3.23. The monoisotopic (exact) mass is 238 g/mol. The molecule has 1 aliphatic heterocycles. The molecular formula is C11H14N2O4. The van der Waals surface area contributed by atoms with Crippen LogP contribution in [0.15, 0.2) is 4.79 Å². The van der Waals surface area contributed by atoms with Crippen LogP contribution in [0, 0.1) is 5.92 Å². The van der Waals surface area contributed by atoms with Crippen molar-refractivity contribution >= 4 is 5.97 Å². The first-order chi connectivity index (χ1) is 8.08. The molecule has 0 bridgehead atoms. The van der Waals surface area contributed by atoms with E-state index in [-0.39, 0.29) is 18.6 Å². The number of hydrogen-bond acceptors (Lipinski definition) is 4. The van der Waals surface area contributed by atoms with Crippen molar-refractivity contribution < 1.29 is 14.6 Å². The van der Waals surface area contributed by atoms with Crippen molar-refractivity contribution in [1.82, 2.24) is 9.97 Å². The number of fused-ring (bicyclic) bond motifs is 1. The molecule has 6 heteroatoms. The summed E-state index contributed by atoms with van der Waals surface area (Å²) in [5.74, 6) is -1.02. The Hall–Kier alpha value is -1.69. The zero-order valence-corrected chi connectivity index (χ0v) is 9.52. The van der Waals surface area contributed by atoms with E-state index in [9.17, 15) is 9.59 Å². The van der Waals surface area contributed by atoms with Crippen LogP contribution in [0.4, 0.5) is 0 Å². The molecule has 1 atom stereocenters. The minimum atomic E-state index is -0.895. The van der Waals surface area contributed by atoms with E-state index in [0.29, 0.717) is 24.4 Å². The van der Waals surface area contributed by atoms with E-state index in [1.807, 2.05) is 0 Å². The van der Waals surface area contributed by atoms with Crippen molar-refractivity contribution in [2.45, 2.75) is 26.4 Å². The van der Waals surface area contributed by atoms with Crippen LogP contribution < -0.4 is 5.56 Å². The summed E-state index contributed by atoms with van der Waals surface area (Å²) in [5, 5.41) is 8.81. The lowest BCUT2D eigenvalue weighted by Crippen LogP contribution is -2.26. The third kappa shape index (κ3) is 2.52. The van der Waals surface area contributed by atoms with Gasteiger partial charge in [0, 0.05) is 12.8 Å². The lowest BCUT2D eigenvalue weighted by Gasteiger charge is -2.15. The number of ether oxygens (including phenoxy) is 1. The zero-order valence-electron chi connectivity index (χ0n) is 9.52. The highest BCUT2D eigenvalue weighted by Gasteiger charge is 2.18. The second kappa shape index (κ2) is 4.67. The molecule has 0 spiro atoms. The fourth-order valence-corrected chi connectivity index (χ4v) is 1.77. The van der Waals surface area contributed by atoms with Gasteiger partial charge in [-0.3, -0.25) is 9.59 Å². The molecule has 2 rings (SSSR count). The van der Waals surface area contributed by atoms with Crippen molar-refractivity contribution in [3.63, 3.8) is 0 Å². The number of carbonyl (C=O) groups is 1. The number of aliphatic carboxylic acids is 1. The highest BCUT2D eigenvalue weighted by atomic mass is 16.5. The number of aromatic nitrogens is 2. The first kappa shape index (κ1) is 11.8. The van der Waals surface area contributed by atoms with E-state index in [1.54, 1.807) is 6.92 Å². The summed E-state index contributed by atoms with van der Waals surface area (Å²) in [6, 6.07) is 0. The molecule has 0 amide bonds. The van der Waals surface area contributed by atoms with Crippen LogP contribution in [0.1, 0.15) is 24.0 Å². The molecule has 2 N–H and O–H groups in total. The summed E-state index contributed by atoms with van der Waals surface area (Å²) in [5.41, 5.74) is 1.07. The van der Waals surface area contributed by atoms with Crippen molar-refractivity contribution in [3.8, 4) is 0 Å². The van der Waals surface area contributed by atoms with Crippen LogP contribution in [-0.2, 0) is 29.0 Å². The van der Waals surface area contributed by atoms with Crippen LogP contribution in [-0.4, -0.2) is 27.7 Å². The molecule has 0 aromatic carbocycles. The van der Waals surface area contributed by atoms with Gasteiger partial charge in [-0.1, -0.05) is 6.92 Å². The normalized spacial score (nSPS) is 16.3. The largest absolute Gasteiger partial charge is 0.481 e. The molecule has 0 aliphatic carbocycles. The number of rotatable bonds is 3. The smallest absolute Gasteiger partial charge is 0.306 e. The number of H-pyrrole nitrogens is 1. The molecule has 1 aliphatic rings. The van der Waals surface area contributed by atoms with Crippen LogP contribution in [0.2, 0.25) is 0 Å². The molecule has 1 aromatic rings. The van der Waals surface area contributed by atoms with Gasteiger partial charge in [0.25, 0.3) is 5.56 Å². The van der Waals surface area contributed by atoms with Gasteiger partial charge in [-0.15, -0.1) is 0 Å². The summed E-state index contributed by atoms with van der Waals surface area (Å²) in [7, 11) is 0. The summed E-state index contributed by atoms with van der Waals surface area (Å²) in [6.45, 7) is 2.43. The van der Waals surface area contributed by atoms with Crippen molar-refractivity contribution in [2.75, 3.05) is 6.61 Å². The van der Waals surface area contributed by atoms with Gasteiger partial charge < -0.3 is 14.8 Å². The Labute approximate surface area is 97.7 Å². The Bertz CT molecular complexity index is 495. The molecule has 1 aromatic heterocycles. The summed E-state index contributed by atoms with van der Waals surface area (Å²) >= 11 is 0. The second-order valence-corrected chi connectivity index (χ2v) is 4.18. The SMILES string of the molecule is CC(Cc1nc2c(c(=O)[nH]1)COCC2)C(=O)O. The van der Waals surface area contributed by atoms with Crippen LogP contribution in [0.25, 0.3) is 0 Å². The highest BCUT2D eigenvalue weighted by molar-refractivity contribution is 5.69. The van der Waals surface area contributed by atoms with Gasteiger partial charge in [-0.2, -0.15) is 0 Å². The molecule has 17 heavy (non-hydrogen) atoms. The molecule has 0 saturated carbocycles. The van der Waals surface area contributed by atoms with Gasteiger partial charge in [0.1, 0.15) is 5.82 Å². The van der Waals surface area contributed by atoms with Crippen LogP contribution >= 0.6 is 0 Å². The average Bonchev–Trinajstić information content (AvgIpc) is 2.29. The second-order valence-electron chi connectivity index (χ2n) is 4.18. The van der Waals surface area contributed by atoms with Gasteiger partial charge in [0.05, 0.1) is 30.4 Å². The van der Waals surface area contributed by atoms with Crippen molar-refractivity contribution in [3.05, 3.63) is 27.4 Å². The van der Waals surface area contributed by atoms with Crippen molar-refractivity contribution in [2.24, 2.45) is 5.92 Å². The topological polar surface area (TPSA) is 92.3 Å². The Morgan fingerprint density at radius 3 is 3.12 bits per heavy atom. The van der Waals surface area contributed by atoms with Gasteiger partial charge in [0.15, 0.2) is 0 Å². The first-order valence-electron chi connectivity index (χ1n) is 5.49. The van der Waals surface area contributed by atoms with Gasteiger partial charge >= 0.3 is 5.97 Å². The number of aromatic amines is 1. The number of nitrogens with zero attached hydrogens (tertiary/aromatic N) is 1. The van der Waals surface area contributed by atoms with E-state index in [2.05, 4.69) is 9.97 Å². The van der Waals surface area contributed by atoms with Crippen molar-refractivity contribution in [1.29, 1.82) is 0 Å². The Balaban J connectivity index is 2.28. The van der Waals surface area contributed by atoms with E-state index in [1.165, 1.54) is 0 Å². The van der Waals surface area contributed by atoms with E-state index >= 15 is 0 Å². The Morgan fingerprint density at radius 2 is 2.41 bits per heavy atom. The lowest BCUT2D eigenvalue weighted by atomic mass is 10.1. The quantitative estimate of drug-likeness (QED) is 0.779. The maximum atomic E-state index is 11.7. The molecular weight excluding hydrogens is 224 g/mol. The maximum absolute atomic E-state index is 11.7. The fourth-order valence-electron chi connectivity index (χ4n) is 1.77. The molecule has 6 nitrogen and oxygen atoms in total. The minimum absolute atomic E-state index is 0.220. The van der Waals surface area contributed by atoms with Crippen LogP contribution in [0.5, 0.6) is 0 Å². The standard InChI is InChI=1S/C11H14N2O4/c1-6(11(15)16)4-9-12-8-2-3-17-5-7(8)10(14)13-9/h6H,2-5H2,1H3,(H,15,16)(H,12,13,14). The third-order valence-electron chi connectivity index (χ3n) is 2.80. The lowest BCUT2D eigenvalue weighted by molar-refractivity contribution is -0.141. The summed E-state index contributed by atoms with van der Waals surface area (Å²) in [6.07, 6.45) is 0.840. The predicted octanol–water partition coefficient (Wildman–Crippen LogP) is 0.106. The summed E-state index contributed by atoms with van der Waals surface area (Å²) < 4.78 is 5.18. The summed E-state index contributed by atoms with van der Waals surface area (Å²) in [4.78, 5) is 29.4. The molecule has 1 unspecified atom stereocenters. The number of carboxylic acids is 1. The number of nitrogens with one attached hydrogen (secondary N) is 1. The van der Waals surface area contributed by atoms with E-state index < -0.39 is 11.9 Å². The minimum Gasteiger partial charge on any atom is -0.481 e. The predicted molar refractivity (Wildman–Crippen MR) is 58.7 cm³/mol. The number of carboxylic acid groups (broad SMARTS) is 1. The molecule has 0 radical (unpaired) electrons. The van der Waals surface area contributed by atoms with Gasteiger partial charge in [-0.25, -0.2) is 4.98 Å². The fraction of sp³-hybridized carbons (Fsp3) is 0.545.